The minimum Gasteiger partial charge on any atom is -0.326 e. The van der Waals surface area contributed by atoms with Crippen LogP contribution in [0.3, 0.4) is 0 Å². The summed E-state index contributed by atoms with van der Waals surface area (Å²) in [5.74, 6) is 0.571. The number of aromatic nitrogens is 3. The van der Waals surface area contributed by atoms with Crippen molar-refractivity contribution in [1.29, 1.82) is 0 Å². The number of hydrogen-bond acceptors (Lipinski definition) is 5. The molecule has 4 aromatic rings. The Bertz CT molecular complexity index is 1280. The minimum absolute atomic E-state index is 0.0145. The Morgan fingerprint density at radius 2 is 1.81 bits per heavy atom. The third-order valence-electron chi connectivity index (χ3n) is 4.70. The standard InChI is InChI=1S/C20H19N3O2S2/c1-4-27(24,25)18-11-13-7-5-6-8-15(13)21-19(18)20-22-16-12-14(26-3)9-10-17(16)23(20)2/h5-12H,4H2,1-3H3. The van der Waals surface area contributed by atoms with E-state index in [0.717, 1.165) is 26.8 Å². The summed E-state index contributed by atoms with van der Waals surface area (Å²) < 4.78 is 27.5. The van der Waals surface area contributed by atoms with Crippen LogP contribution in [0.2, 0.25) is 0 Å². The first-order valence-corrected chi connectivity index (χ1v) is 11.5. The van der Waals surface area contributed by atoms with Crippen LogP contribution in [-0.2, 0) is 16.9 Å². The molecule has 138 valence electrons. The number of imidazole rings is 1. The van der Waals surface area contributed by atoms with Gasteiger partial charge < -0.3 is 4.57 Å². The van der Waals surface area contributed by atoms with Gasteiger partial charge in [-0.1, -0.05) is 25.1 Å². The predicted octanol–water partition coefficient (Wildman–Crippen LogP) is 4.30. The third-order valence-corrected chi connectivity index (χ3v) is 7.17. The molecule has 0 spiro atoms. The summed E-state index contributed by atoms with van der Waals surface area (Å²) in [6.07, 6.45) is 2.02. The third kappa shape index (κ3) is 3.00. The normalized spacial score (nSPS) is 12.1. The molecule has 7 heteroatoms. The molecule has 0 aliphatic heterocycles. The number of sulfone groups is 1. The zero-order valence-corrected chi connectivity index (χ0v) is 16.9. The Labute approximate surface area is 162 Å². The van der Waals surface area contributed by atoms with Crippen LogP contribution in [0.15, 0.2) is 58.3 Å². The van der Waals surface area contributed by atoms with Crippen molar-refractivity contribution in [3.63, 3.8) is 0 Å². The zero-order valence-electron chi connectivity index (χ0n) is 15.3. The maximum atomic E-state index is 12.8. The van der Waals surface area contributed by atoms with E-state index in [9.17, 15) is 8.42 Å². The fourth-order valence-corrected chi connectivity index (χ4v) is 4.65. The number of nitrogens with zero attached hydrogens (tertiary/aromatic N) is 3. The lowest BCUT2D eigenvalue weighted by Gasteiger charge is -2.10. The van der Waals surface area contributed by atoms with E-state index in [-0.39, 0.29) is 10.6 Å². The van der Waals surface area contributed by atoms with Gasteiger partial charge in [0.1, 0.15) is 5.69 Å². The molecule has 0 saturated heterocycles. The van der Waals surface area contributed by atoms with E-state index in [2.05, 4.69) is 0 Å². The number of pyridine rings is 1. The van der Waals surface area contributed by atoms with E-state index in [0.29, 0.717) is 11.5 Å². The van der Waals surface area contributed by atoms with Gasteiger partial charge in [-0.2, -0.15) is 0 Å². The summed E-state index contributed by atoms with van der Waals surface area (Å²) >= 11 is 1.65. The molecule has 0 saturated carbocycles. The molecule has 5 nitrogen and oxygen atoms in total. The van der Waals surface area contributed by atoms with Gasteiger partial charge in [0.25, 0.3) is 0 Å². The van der Waals surface area contributed by atoms with Gasteiger partial charge in [0.2, 0.25) is 0 Å². The first-order valence-electron chi connectivity index (χ1n) is 8.58. The van der Waals surface area contributed by atoms with Crippen molar-refractivity contribution < 1.29 is 8.42 Å². The number of benzene rings is 2. The summed E-state index contributed by atoms with van der Waals surface area (Å²) in [5.41, 5.74) is 2.92. The molecule has 0 fully saturated rings. The molecule has 0 aliphatic carbocycles. The van der Waals surface area contributed by atoms with Gasteiger partial charge in [-0.15, -0.1) is 11.8 Å². The quantitative estimate of drug-likeness (QED) is 0.480. The highest BCUT2D eigenvalue weighted by molar-refractivity contribution is 7.98. The van der Waals surface area contributed by atoms with Gasteiger partial charge in [-0.3, -0.25) is 0 Å². The summed E-state index contributed by atoms with van der Waals surface area (Å²) in [6, 6.07) is 15.3. The number of thioether (sulfide) groups is 1. The average Bonchev–Trinajstić information content (AvgIpc) is 3.02. The van der Waals surface area contributed by atoms with Crippen LogP contribution < -0.4 is 0 Å². The number of hydrogen-bond donors (Lipinski definition) is 0. The van der Waals surface area contributed by atoms with Gasteiger partial charge >= 0.3 is 0 Å². The highest BCUT2D eigenvalue weighted by Crippen LogP contribution is 2.32. The Morgan fingerprint density at radius 1 is 1.04 bits per heavy atom. The Kier molecular flexibility index (Phi) is 4.44. The monoisotopic (exact) mass is 397 g/mol. The fourth-order valence-electron chi connectivity index (χ4n) is 3.17. The topological polar surface area (TPSA) is 64.8 Å². The number of aryl methyl sites for hydroxylation is 1. The van der Waals surface area contributed by atoms with Crippen molar-refractivity contribution in [3.05, 3.63) is 48.5 Å². The number of rotatable bonds is 4. The van der Waals surface area contributed by atoms with E-state index in [1.165, 1.54) is 0 Å². The number of para-hydroxylation sites is 1. The second-order valence-corrected chi connectivity index (χ2v) is 9.41. The average molecular weight is 398 g/mol. The number of fused-ring (bicyclic) bond motifs is 2. The van der Waals surface area contributed by atoms with Gasteiger partial charge in [0.05, 0.1) is 27.2 Å². The zero-order chi connectivity index (χ0) is 19.2. The highest BCUT2D eigenvalue weighted by atomic mass is 32.2. The van der Waals surface area contributed by atoms with Crippen LogP contribution in [0.1, 0.15) is 6.92 Å². The van der Waals surface area contributed by atoms with Crippen LogP contribution in [0.5, 0.6) is 0 Å². The van der Waals surface area contributed by atoms with Crippen LogP contribution in [0, 0.1) is 0 Å². The van der Waals surface area contributed by atoms with Crippen molar-refractivity contribution in [2.75, 3.05) is 12.0 Å². The molecule has 0 aliphatic rings. The maximum Gasteiger partial charge on any atom is 0.180 e. The summed E-state index contributed by atoms with van der Waals surface area (Å²) in [7, 11) is -1.56. The molecule has 2 aromatic heterocycles. The van der Waals surface area contributed by atoms with Gasteiger partial charge in [0.15, 0.2) is 15.7 Å². The lowest BCUT2D eigenvalue weighted by atomic mass is 10.2. The molecule has 0 bridgehead atoms. The van der Waals surface area contributed by atoms with Gasteiger partial charge in [-0.05, 0) is 36.6 Å². The maximum absolute atomic E-state index is 12.8. The SMILES string of the molecule is CCS(=O)(=O)c1cc2ccccc2nc1-c1nc2cc(SC)ccc2n1C. The van der Waals surface area contributed by atoms with Crippen molar-refractivity contribution in [2.45, 2.75) is 16.7 Å². The fraction of sp³-hybridized carbons (Fsp3) is 0.200. The van der Waals surface area contributed by atoms with Gasteiger partial charge in [0, 0.05) is 17.3 Å². The van der Waals surface area contributed by atoms with E-state index in [1.54, 1.807) is 24.8 Å². The van der Waals surface area contributed by atoms with E-state index < -0.39 is 9.84 Å². The van der Waals surface area contributed by atoms with Crippen LogP contribution >= 0.6 is 11.8 Å². The van der Waals surface area contributed by atoms with Crippen molar-refractivity contribution in [2.24, 2.45) is 7.05 Å². The second kappa shape index (κ2) is 6.65. The molecule has 0 N–H and O–H groups in total. The van der Waals surface area contributed by atoms with E-state index >= 15 is 0 Å². The Balaban J connectivity index is 2.07. The van der Waals surface area contributed by atoms with E-state index in [1.807, 2.05) is 60.3 Å². The Morgan fingerprint density at radius 3 is 2.56 bits per heavy atom. The first-order chi connectivity index (χ1) is 12.9. The molecule has 2 aromatic carbocycles. The largest absolute Gasteiger partial charge is 0.326 e. The molecule has 0 atom stereocenters. The molecular formula is C20H19N3O2S2. The van der Waals surface area contributed by atoms with Crippen molar-refractivity contribution in [1.82, 2.24) is 14.5 Å². The Hall–Kier alpha value is -2.38. The first kappa shape index (κ1) is 18.0. The molecule has 2 heterocycles. The summed E-state index contributed by atoms with van der Waals surface area (Å²) in [6.45, 7) is 1.65. The summed E-state index contributed by atoms with van der Waals surface area (Å²) in [4.78, 5) is 10.8. The molecule has 0 amide bonds. The van der Waals surface area contributed by atoms with Gasteiger partial charge in [-0.25, -0.2) is 18.4 Å². The predicted molar refractivity (Wildman–Crippen MR) is 111 cm³/mol. The van der Waals surface area contributed by atoms with Crippen LogP contribution in [-0.4, -0.2) is 35.0 Å². The van der Waals surface area contributed by atoms with Crippen molar-refractivity contribution in [3.8, 4) is 11.5 Å². The highest BCUT2D eigenvalue weighted by Gasteiger charge is 2.23. The summed E-state index contributed by atoms with van der Waals surface area (Å²) in [5, 5.41) is 0.803. The van der Waals surface area contributed by atoms with Crippen LogP contribution in [0.4, 0.5) is 0 Å². The molecule has 0 radical (unpaired) electrons. The molecular weight excluding hydrogens is 378 g/mol. The van der Waals surface area contributed by atoms with Crippen LogP contribution in [0.25, 0.3) is 33.5 Å². The minimum atomic E-state index is -3.46. The van der Waals surface area contributed by atoms with Crippen molar-refractivity contribution >= 4 is 43.5 Å². The van der Waals surface area contributed by atoms with E-state index in [4.69, 9.17) is 9.97 Å². The molecule has 0 unspecified atom stereocenters. The lowest BCUT2D eigenvalue weighted by molar-refractivity contribution is 0.597. The smallest absolute Gasteiger partial charge is 0.180 e. The molecule has 4 rings (SSSR count). The molecule has 27 heavy (non-hydrogen) atoms. The lowest BCUT2D eigenvalue weighted by Crippen LogP contribution is -2.09. The second-order valence-electron chi connectivity index (χ2n) is 6.28.